The minimum absolute atomic E-state index is 0.0463. The molecule has 2 aliphatic rings. The van der Waals surface area contributed by atoms with Gasteiger partial charge in [0.2, 0.25) is 0 Å². The van der Waals surface area contributed by atoms with Crippen LogP contribution in [0.5, 0.6) is 0 Å². The number of nitrogens with one attached hydrogen (secondary N) is 1. The zero-order chi connectivity index (χ0) is 12.3. The van der Waals surface area contributed by atoms with Crippen LogP contribution in [0.4, 0.5) is 10.1 Å². The Morgan fingerprint density at radius 2 is 2.18 bits per heavy atom. The summed E-state index contributed by atoms with van der Waals surface area (Å²) in [7, 11) is 0. The first kappa shape index (κ1) is 12.2. The molecule has 0 radical (unpaired) electrons. The summed E-state index contributed by atoms with van der Waals surface area (Å²) in [6.45, 7) is 1.50. The first-order valence-corrected chi connectivity index (χ1v) is 5.92. The van der Waals surface area contributed by atoms with Crippen molar-refractivity contribution in [2.75, 3.05) is 18.5 Å². The minimum Gasteiger partial charge on any atom is -0.466 e. The first-order chi connectivity index (χ1) is 8.18. The third-order valence-electron chi connectivity index (χ3n) is 2.67. The Morgan fingerprint density at radius 1 is 1.35 bits per heavy atom. The Labute approximate surface area is 104 Å². The van der Waals surface area contributed by atoms with Gasteiger partial charge < -0.3 is 10.1 Å². The number of halogens is 2. The van der Waals surface area contributed by atoms with Crippen LogP contribution in [0.25, 0.3) is 0 Å². The summed E-state index contributed by atoms with van der Waals surface area (Å²) in [6, 6.07) is 3.11. The topological polar surface area (TPSA) is 38.3 Å². The molecule has 0 amide bonds. The van der Waals surface area contributed by atoms with Crippen molar-refractivity contribution in [3.05, 3.63) is 28.5 Å². The maximum absolute atomic E-state index is 12.8. The number of carbonyl (C=O) groups excluding carboxylic acids is 1. The summed E-state index contributed by atoms with van der Waals surface area (Å²) in [5, 5.41) is 3.39. The number of anilines is 1. The van der Waals surface area contributed by atoms with Crippen LogP contribution in [0.15, 0.2) is 12.1 Å². The molecule has 1 N–H and O–H groups in total. The highest BCUT2D eigenvalue weighted by Crippen LogP contribution is 2.30. The fourth-order valence-corrected chi connectivity index (χ4v) is 2.06. The van der Waals surface area contributed by atoms with E-state index in [1.165, 1.54) is 6.07 Å². The lowest BCUT2D eigenvalue weighted by Crippen LogP contribution is -1.90. The lowest BCUT2D eigenvalue weighted by Gasteiger charge is -2.01. The molecule has 0 saturated carbocycles. The zero-order valence-corrected chi connectivity index (χ0v) is 10.0. The van der Waals surface area contributed by atoms with Gasteiger partial charge in [-0.05, 0) is 30.5 Å². The highest BCUT2D eigenvalue weighted by atomic mass is 35.5. The highest BCUT2D eigenvalue weighted by Gasteiger charge is 2.15. The van der Waals surface area contributed by atoms with Crippen LogP contribution >= 0.6 is 11.6 Å². The van der Waals surface area contributed by atoms with Crippen LogP contribution in [-0.2, 0) is 16.0 Å². The number of cyclic esters (lactones) is 1. The van der Waals surface area contributed by atoms with Crippen molar-refractivity contribution in [2.24, 2.45) is 0 Å². The molecule has 1 fully saturated rings. The Balaban J connectivity index is 0.000000153. The van der Waals surface area contributed by atoms with Gasteiger partial charge in [0.15, 0.2) is 0 Å². The molecule has 0 spiro atoms. The second-order valence-corrected chi connectivity index (χ2v) is 4.27. The summed E-state index contributed by atoms with van der Waals surface area (Å²) in [5.41, 5.74) is 1.88. The molecule has 3 rings (SSSR count). The van der Waals surface area contributed by atoms with E-state index in [-0.39, 0.29) is 16.8 Å². The summed E-state index contributed by atoms with van der Waals surface area (Å²) < 4.78 is 17.3. The molecular weight excluding hydrogens is 245 g/mol. The van der Waals surface area contributed by atoms with Gasteiger partial charge in [0.05, 0.1) is 11.6 Å². The molecule has 0 unspecified atom stereocenters. The average Bonchev–Trinajstić information content (AvgIpc) is 2.95. The van der Waals surface area contributed by atoms with Crippen LogP contribution in [0, 0.1) is 5.82 Å². The summed E-state index contributed by atoms with van der Waals surface area (Å²) in [5.74, 6) is -0.371. The summed E-state index contributed by atoms with van der Waals surface area (Å²) in [4.78, 5) is 10.0. The molecule has 0 bridgehead atoms. The van der Waals surface area contributed by atoms with Gasteiger partial charge in [0.25, 0.3) is 0 Å². The van der Waals surface area contributed by atoms with Gasteiger partial charge >= 0.3 is 5.97 Å². The molecule has 0 atom stereocenters. The number of ether oxygens (including phenoxy) is 1. The van der Waals surface area contributed by atoms with Crippen LogP contribution in [0.1, 0.15) is 18.4 Å². The van der Waals surface area contributed by atoms with Gasteiger partial charge in [0, 0.05) is 18.7 Å². The number of fused-ring (bicyclic) bond motifs is 1. The lowest BCUT2D eigenvalue weighted by molar-refractivity contribution is -0.137. The fraction of sp³-hybridized carbons (Fsp3) is 0.417. The fourth-order valence-electron chi connectivity index (χ4n) is 1.80. The molecule has 1 aromatic rings. The van der Waals surface area contributed by atoms with Crippen LogP contribution in [0.2, 0.25) is 5.02 Å². The number of carbonyl (C=O) groups is 1. The second kappa shape index (κ2) is 5.36. The summed E-state index contributed by atoms with van der Waals surface area (Å²) >= 11 is 5.72. The van der Waals surface area contributed by atoms with Gasteiger partial charge in [-0.2, -0.15) is 0 Å². The SMILES string of the molecule is Fc1ccc2c(c1Cl)CCN2.O=C1CCCO1. The number of hydrogen-bond donors (Lipinski definition) is 1. The van der Waals surface area contributed by atoms with E-state index in [9.17, 15) is 9.18 Å². The Bertz CT molecular complexity index is 429. The van der Waals surface area contributed by atoms with Crippen LogP contribution < -0.4 is 5.32 Å². The van der Waals surface area contributed by atoms with E-state index in [1.807, 2.05) is 0 Å². The molecular formula is C12H13ClFNO2. The normalized spacial score (nSPS) is 16.7. The van der Waals surface area contributed by atoms with Crippen molar-refractivity contribution in [3.63, 3.8) is 0 Å². The van der Waals surface area contributed by atoms with E-state index < -0.39 is 0 Å². The third kappa shape index (κ3) is 2.88. The molecule has 1 saturated heterocycles. The lowest BCUT2D eigenvalue weighted by atomic mass is 10.1. The van der Waals surface area contributed by atoms with Gasteiger partial charge in [-0.1, -0.05) is 11.6 Å². The van der Waals surface area contributed by atoms with Crippen molar-refractivity contribution in [2.45, 2.75) is 19.3 Å². The van der Waals surface area contributed by atoms with E-state index in [0.29, 0.717) is 13.0 Å². The third-order valence-corrected chi connectivity index (χ3v) is 3.08. The van der Waals surface area contributed by atoms with Crippen LogP contribution in [0.3, 0.4) is 0 Å². The number of benzene rings is 1. The maximum atomic E-state index is 12.8. The second-order valence-electron chi connectivity index (χ2n) is 3.89. The molecule has 5 heteroatoms. The first-order valence-electron chi connectivity index (χ1n) is 5.55. The summed E-state index contributed by atoms with van der Waals surface area (Å²) in [6.07, 6.45) is 2.37. The van der Waals surface area contributed by atoms with Crippen molar-refractivity contribution in [1.82, 2.24) is 0 Å². The Hall–Kier alpha value is -1.29. The van der Waals surface area contributed by atoms with Crippen molar-refractivity contribution < 1.29 is 13.9 Å². The predicted molar refractivity (Wildman–Crippen MR) is 63.8 cm³/mol. The molecule has 17 heavy (non-hydrogen) atoms. The molecule has 2 heterocycles. The van der Waals surface area contributed by atoms with Crippen molar-refractivity contribution >= 4 is 23.3 Å². The molecule has 0 aromatic heterocycles. The molecule has 1 aromatic carbocycles. The molecule has 0 aliphatic carbocycles. The van der Waals surface area contributed by atoms with Gasteiger partial charge in [-0.15, -0.1) is 0 Å². The van der Waals surface area contributed by atoms with Crippen molar-refractivity contribution in [1.29, 1.82) is 0 Å². The van der Waals surface area contributed by atoms with Gasteiger partial charge in [-0.3, -0.25) is 4.79 Å². The highest BCUT2D eigenvalue weighted by molar-refractivity contribution is 6.32. The Kier molecular flexibility index (Phi) is 3.84. The van der Waals surface area contributed by atoms with E-state index >= 15 is 0 Å². The molecule has 3 nitrogen and oxygen atoms in total. The average molecular weight is 258 g/mol. The standard InChI is InChI=1S/C8H7ClFN.C4H6O2/c9-8-5-3-4-11-7(5)2-1-6(8)10;5-4-2-1-3-6-4/h1-2,11H,3-4H2;1-3H2. The minimum atomic E-state index is -0.325. The zero-order valence-electron chi connectivity index (χ0n) is 9.26. The van der Waals surface area contributed by atoms with Gasteiger partial charge in [0.1, 0.15) is 5.82 Å². The quantitative estimate of drug-likeness (QED) is 0.727. The van der Waals surface area contributed by atoms with E-state index in [4.69, 9.17) is 11.6 Å². The predicted octanol–water partition coefficient (Wildman–Crippen LogP) is 2.77. The van der Waals surface area contributed by atoms with Crippen LogP contribution in [-0.4, -0.2) is 19.1 Å². The Morgan fingerprint density at radius 3 is 2.76 bits per heavy atom. The van der Waals surface area contributed by atoms with E-state index in [0.717, 1.165) is 30.6 Å². The number of rotatable bonds is 0. The number of esters is 1. The maximum Gasteiger partial charge on any atom is 0.305 e. The van der Waals surface area contributed by atoms with E-state index in [1.54, 1.807) is 6.07 Å². The van der Waals surface area contributed by atoms with E-state index in [2.05, 4.69) is 10.1 Å². The number of hydrogen-bond acceptors (Lipinski definition) is 3. The smallest absolute Gasteiger partial charge is 0.305 e. The van der Waals surface area contributed by atoms with Gasteiger partial charge in [-0.25, -0.2) is 4.39 Å². The molecule has 92 valence electrons. The monoisotopic (exact) mass is 257 g/mol. The largest absolute Gasteiger partial charge is 0.466 e. The molecule has 2 aliphatic heterocycles. The van der Waals surface area contributed by atoms with Crippen molar-refractivity contribution in [3.8, 4) is 0 Å².